The molecule has 1 atom stereocenters. The zero-order valence-electron chi connectivity index (χ0n) is 8.96. The van der Waals surface area contributed by atoms with Gasteiger partial charge in [-0.05, 0) is 24.1 Å². The molecule has 0 radical (unpaired) electrons. The molecule has 0 spiro atoms. The lowest BCUT2D eigenvalue weighted by atomic mass is 10.0. The number of aliphatic hydroxyl groups excluding tert-OH is 1. The van der Waals surface area contributed by atoms with Crippen molar-refractivity contribution in [1.82, 2.24) is 0 Å². The van der Waals surface area contributed by atoms with Crippen LogP contribution in [-0.2, 0) is 6.42 Å². The molecule has 1 aromatic carbocycles. The molecule has 0 amide bonds. The van der Waals surface area contributed by atoms with Crippen LogP contribution in [0.25, 0.3) is 0 Å². The number of nitrogens with two attached hydrogens (primary N) is 1. The second-order valence-corrected chi connectivity index (χ2v) is 3.73. The Morgan fingerprint density at radius 2 is 2.20 bits per heavy atom. The van der Waals surface area contributed by atoms with E-state index < -0.39 is 6.10 Å². The van der Waals surface area contributed by atoms with E-state index in [0.29, 0.717) is 16.3 Å². The Balaban J connectivity index is 3.28. The Labute approximate surface area is 94.8 Å². The lowest BCUT2D eigenvalue weighted by Gasteiger charge is -2.16. The summed E-state index contributed by atoms with van der Waals surface area (Å²) < 4.78 is 5.27. The minimum Gasteiger partial charge on any atom is -0.496 e. The summed E-state index contributed by atoms with van der Waals surface area (Å²) in [6, 6.07) is 3.53. The Morgan fingerprint density at radius 1 is 1.53 bits per heavy atom. The molecule has 1 rings (SSSR count). The number of benzene rings is 1. The summed E-state index contributed by atoms with van der Waals surface area (Å²) in [4.78, 5) is 0. The maximum absolute atomic E-state index is 9.72. The quantitative estimate of drug-likeness (QED) is 0.829. The zero-order valence-corrected chi connectivity index (χ0v) is 9.71. The first kappa shape index (κ1) is 12.3. The lowest BCUT2D eigenvalue weighted by molar-refractivity contribution is 0.182. The molecule has 1 unspecified atom stereocenters. The molecule has 0 aromatic heterocycles. The molecule has 3 nitrogen and oxygen atoms in total. The number of hydrogen-bond acceptors (Lipinski definition) is 3. The van der Waals surface area contributed by atoms with Crippen molar-refractivity contribution in [2.75, 3.05) is 13.7 Å². The highest BCUT2D eigenvalue weighted by atomic mass is 35.5. The van der Waals surface area contributed by atoms with Crippen molar-refractivity contribution < 1.29 is 9.84 Å². The minimum atomic E-state index is -0.732. The lowest BCUT2D eigenvalue weighted by Crippen LogP contribution is -2.13. The van der Waals surface area contributed by atoms with Crippen molar-refractivity contribution in [3.8, 4) is 5.75 Å². The van der Waals surface area contributed by atoms with Gasteiger partial charge < -0.3 is 15.6 Å². The van der Waals surface area contributed by atoms with Gasteiger partial charge in [-0.2, -0.15) is 0 Å². The number of rotatable bonds is 4. The van der Waals surface area contributed by atoms with Crippen LogP contribution in [0.4, 0.5) is 0 Å². The topological polar surface area (TPSA) is 55.5 Å². The van der Waals surface area contributed by atoms with Crippen molar-refractivity contribution in [2.45, 2.75) is 19.4 Å². The van der Waals surface area contributed by atoms with Crippen molar-refractivity contribution in [3.05, 3.63) is 28.3 Å². The zero-order chi connectivity index (χ0) is 11.4. The number of halogens is 1. The fourth-order valence-corrected chi connectivity index (χ4v) is 1.81. The smallest absolute Gasteiger partial charge is 0.127 e. The molecular weight excluding hydrogens is 214 g/mol. The molecule has 3 N–H and O–H groups in total. The summed E-state index contributed by atoms with van der Waals surface area (Å²) in [6.45, 7) is 2.16. The number of aryl methyl sites for hydroxylation is 1. The van der Waals surface area contributed by atoms with Gasteiger partial charge in [0.25, 0.3) is 0 Å². The largest absolute Gasteiger partial charge is 0.496 e. The van der Waals surface area contributed by atoms with E-state index in [2.05, 4.69) is 0 Å². The number of hydrogen-bond donors (Lipinski definition) is 2. The first-order valence-corrected chi connectivity index (χ1v) is 5.26. The summed E-state index contributed by atoms with van der Waals surface area (Å²) in [7, 11) is 1.58. The van der Waals surface area contributed by atoms with Crippen molar-refractivity contribution in [3.63, 3.8) is 0 Å². The SMILES string of the molecule is CCc1cc(Cl)cc(C(O)CN)c1OC. The third-order valence-corrected chi connectivity index (χ3v) is 2.54. The fourth-order valence-electron chi connectivity index (χ4n) is 1.56. The predicted molar refractivity (Wildman–Crippen MR) is 61.4 cm³/mol. The van der Waals surface area contributed by atoms with Crippen LogP contribution in [-0.4, -0.2) is 18.8 Å². The first-order valence-electron chi connectivity index (χ1n) is 4.88. The molecule has 0 fully saturated rings. The van der Waals surface area contributed by atoms with Gasteiger partial charge in [0.15, 0.2) is 0 Å². The van der Waals surface area contributed by atoms with Gasteiger partial charge in [-0.1, -0.05) is 18.5 Å². The number of aliphatic hydroxyl groups is 1. The van der Waals surface area contributed by atoms with E-state index in [-0.39, 0.29) is 6.54 Å². The molecule has 84 valence electrons. The highest BCUT2D eigenvalue weighted by molar-refractivity contribution is 6.30. The molecule has 0 heterocycles. The Kier molecular flexibility index (Phi) is 4.39. The van der Waals surface area contributed by atoms with Gasteiger partial charge in [0.2, 0.25) is 0 Å². The molecule has 15 heavy (non-hydrogen) atoms. The van der Waals surface area contributed by atoms with E-state index in [1.54, 1.807) is 13.2 Å². The average molecular weight is 230 g/mol. The maximum Gasteiger partial charge on any atom is 0.127 e. The molecule has 0 bridgehead atoms. The van der Waals surface area contributed by atoms with Crippen LogP contribution in [0.15, 0.2) is 12.1 Å². The third kappa shape index (κ3) is 2.62. The number of methoxy groups -OCH3 is 1. The number of ether oxygens (including phenoxy) is 1. The summed E-state index contributed by atoms with van der Waals surface area (Å²) in [5.74, 6) is 0.680. The summed E-state index contributed by atoms with van der Waals surface area (Å²) in [6.07, 6.45) is 0.0672. The molecule has 1 aromatic rings. The normalized spacial score (nSPS) is 12.6. The molecule has 0 aliphatic carbocycles. The van der Waals surface area contributed by atoms with Crippen LogP contribution in [0.1, 0.15) is 24.2 Å². The molecule has 0 saturated heterocycles. The monoisotopic (exact) mass is 229 g/mol. The summed E-state index contributed by atoms with van der Waals surface area (Å²) in [5.41, 5.74) is 7.06. The second kappa shape index (κ2) is 5.35. The van der Waals surface area contributed by atoms with E-state index in [4.69, 9.17) is 22.1 Å². The van der Waals surface area contributed by atoms with E-state index in [0.717, 1.165) is 12.0 Å². The van der Waals surface area contributed by atoms with Gasteiger partial charge in [0.05, 0.1) is 13.2 Å². The average Bonchev–Trinajstić information content (AvgIpc) is 2.26. The van der Waals surface area contributed by atoms with Crippen LogP contribution in [0.2, 0.25) is 5.02 Å². The van der Waals surface area contributed by atoms with Gasteiger partial charge in [-0.3, -0.25) is 0 Å². The molecular formula is C11H16ClNO2. The predicted octanol–water partition coefficient (Wildman–Crippen LogP) is 1.90. The molecule has 0 saturated carbocycles. The minimum absolute atomic E-state index is 0.153. The molecule has 0 aliphatic heterocycles. The Bertz CT molecular complexity index is 342. The van der Waals surface area contributed by atoms with E-state index in [9.17, 15) is 5.11 Å². The van der Waals surface area contributed by atoms with E-state index >= 15 is 0 Å². The van der Waals surface area contributed by atoms with Crippen LogP contribution < -0.4 is 10.5 Å². The van der Waals surface area contributed by atoms with E-state index in [1.807, 2.05) is 13.0 Å². The fraction of sp³-hybridized carbons (Fsp3) is 0.455. The highest BCUT2D eigenvalue weighted by Crippen LogP contribution is 2.32. The van der Waals surface area contributed by atoms with Gasteiger partial charge >= 0.3 is 0 Å². The highest BCUT2D eigenvalue weighted by Gasteiger charge is 2.15. The Hall–Kier alpha value is -0.770. The third-order valence-electron chi connectivity index (χ3n) is 2.33. The van der Waals surface area contributed by atoms with Crippen LogP contribution >= 0.6 is 11.6 Å². The maximum atomic E-state index is 9.72. The summed E-state index contributed by atoms with van der Waals surface area (Å²) in [5, 5.41) is 10.3. The second-order valence-electron chi connectivity index (χ2n) is 3.29. The van der Waals surface area contributed by atoms with Crippen molar-refractivity contribution >= 4 is 11.6 Å². The Morgan fingerprint density at radius 3 is 2.67 bits per heavy atom. The van der Waals surface area contributed by atoms with Crippen molar-refractivity contribution in [2.24, 2.45) is 5.73 Å². The van der Waals surface area contributed by atoms with Gasteiger partial charge in [-0.25, -0.2) is 0 Å². The van der Waals surface area contributed by atoms with Gasteiger partial charge in [-0.15, -0.1) is 0 Å². The first-order chi connectivity index (χ1) is 7.13. The van der Waals surface area contributed by atoms with Gasteiger partial charge in [0.1, 0.15) is 5.75 Å². The van der Waals surface area contributed by atoms with Crippen molar-refractivity contribution in [1.29, 1.82) is 0 Å². The van der Waals surface area contributed by atoms with E-state index in [1.165, 1.54) is 0 Å². The standard InChI is InChI=1S/C11H16ClNO2/c1-3-7-4-8(12)5-9(10(14)6-13)11(7)15-2/h4-5,10,14H,3,6,13H2,1-2H3. The van der Waals surface area contributed by atoms with Crippen LogP contribution in [0.3, 0.4) is 0 Å². The van der Waals surface area contributed by atoms with Crippen LogP contribution in [0.5, 0.6) is 5.75 Å². The summed E-state index contributed by atoms with van der Waals surface area (Å²) >= 11 is 5.95. The molecule has 4 heteroatoms. The molecule has 0 aliphatic rings. The van der Waals surface area contributed by atoms with Gasteiger partial charge in [0, 0.05) is 17.1 Å². The van der Waals surface area contributed by atoms with Crippen LogP contribution in [0, 0.1) is 0 Å².